The molecular weight excluding hydrogens is 252 g/mol. The van der Waals surface area contributed by atoms with E-state index in [9.17, 15) is 14.4 Å². The molecule has 8 nitrogen and oxygen atoms in total. The second kappa shape index (κ2) is 8.74. The van der Waals surface area contributed by atoms with E-state index in [0.29, 0.717) is 6.54 Å². The Kier molecular flexibility index (Phi) is 7.68. The summed E-state index contributed by atoms with van der Waals surface area (Å²) >= 11 is 0. The fourth-order valence-corrected chi connectivity index (χ4v) is 1.23. The lowest BCUT2D eigenvalue weighted by molar-refractivity contribution is -0.137. The summed E-state index contributed by atoms with van der Waals surface area (Å²) in [7, 11) is 0. The number of urea groups is 1. The molecule has 0 heterocycles. The molecule has 0 saturated heterocycles. The Bertz CT molecular complexity index is 377. The number of nitriles is 1. The molecule has 0 aromatic carbocycles. The summed E-state index contributed by atoms with van der Waals surface area (Å²) in [5.74, 6) is -2.04. The van der Waals surface area contributed by atoms with Gasteiger partial charge in [0.25, 0.3) is 0 Å². The smallest absolute Gasteiger partial charge is 0.322 e. The summed E-state index contributed by atoms with van der Waals surface area (Å²) in [4.78, 5) is 34.5. The van der Waals surface area contributed by atoms with Gasteiger partial charge in [-0.05, 0) is 13.8 Å². The molecule has 3 N–H and O–H groups in total. The van der Waals surface area contributed by atoms with Crippen molar-refractivity contribution in [3.05, 3.63) is 0 Å². The Hall–Kier alpha value is -2.30. The van der Waals surface area contributed by atoms with E-state index < -0.39 is 24.5 Å². The lowest BCUT2D eigenvalue weighted by Gasteiger charge is -2.22. The third-order valence-corrected chi connectivity index (χ3v) is 2.22. The van der Waals surface area contributed by atoms with Gasteiger partial charge in [0, 0.05) is 13.1 Å². The van der Waals surface area contributed by atoms with Crippen LogP contribution in [0.5, 0.6) is 0 Å². The van der Waals surface area contributed by atoms with Gasteiger partial charge in [-0.25, -0.2) is 4.79 Å². The van der Waals surface area contributed by atoms with E-state index in [1.165, 1.54) is 4.90 Å². The van der Waals surface area contributed by atoms with Gasteiger partial charge in [-0.3, -0.25) is 9.59 Å². The molecular formula is C11H18N4O4. The lowest BCUT2D eigenvalue weighted by atomic mass is 10.2. The van der Waals surface area contributed by atoms with Crippen molar-refractivity contribution in [3.63, 3.8) is 0 Å². The number of aliphatic carboxylic acids is 1. The van der Waals surface area contributed by atoms with Crippen LogP contribution in [-0.4, -0.2) is 54.1 Å². The molecule has 0 aromatic heterocycles. The van der Waals surface area contributed by atoms with E-state index in [2.05, 4.69) is 10.6 Å². The van der Waals surface area contributed by atoms with Crippen molar-refractivity contribution in [2.24, 2.45) is 5.92 Å². The summed E-state index contributed by atoms with van der Waals surface area (Å²) in [5.41, 5.74) is 0. The van der Waals surface area contributed by atoms with E-state index in [-0.39, 0.29) is 19.0 Å². The minimum atomic E-state index is -1.15. The second-order valence-corrected chi connectivity index (χ2v) is 3.90. The molecule has 19 heavy (non-hydrogen) atoms. The maximum atomic E-state index is 11.7. The number of carboxylic acids is 1. The highest BCUT2D eigenvalue weighted by Gasteiger charge is 2.15. The van der Waals surface area contributed by atoms with Crippen LogP contribution in [0, 0.1) is 17.2 Å². The Morgan fingerprint density at radius 1 is 1.32 bits per heavy atom. The van der Waals surface area contributed by atoms with Crippen LogP contribution in [0.2, 0.25) is 0 Å². The summed E-state index contributed by atoms with van der Waals surface area (Å²) in [6, 6.07) is 1.55. The van der Waals surface area contributed by atoms with Crippen molar-refractivity contribution < 1.29 is 19.5 Å². The molecule has 0 spiro atoms. The first-order chi connectivity index (χ1) is 8.90. The van der Waals surface area contributed by atoms with Crippen LogP contribution in [0.25, 0.3) is 0 Å². The molecule has 106 valence electrons. The van der Waals surface area contributed by atoms with Crippen LogP contribution >= 0.6 is 0 Å². The number of amides is 3. The SMILES string of the molecule is CCN(CC(C)C#N)C(=O)NCC(=O)NCC(=O)O. The third-order valence-electron chi connectivity index (χ3n) is 2.22. The zero-order chi connectivity index (χ0) is 14.8. The first kappa shape index (κ1) is 16.7. The monoisotopic (exact) mass is 270 g/mol. The van der Waals surface area contributed by atoms with Gasteiger partial charge >= 0.3 is 12.0 Å². The molecule has 8 heteroatoms. The molecule has 0 bridgehead atoms. The first-order valence-electron chi connectivity index (χ1n) is 5.81. The van der Waals surface area contributed by atoms with E-state index in [1.54, 1.807) is 13.8 Å². The number of nitrogens with one attached hydrogen (secondary N) is 2. The second-order valence-electron chi connectivity index (χ2n) is 3.90. The van der Waals surface area contributed by atoms with Crippen LogP contribution in [0.3, 0.4) is 0 Å². The fourth-order valence-electron chi connectivity index (χ4n) is 1.23. The number of carbonyl (C=O) groups excluding carboxylic acids is 2. The number of hydrogen-bond donors (Lipinski definition) is 3. The molecule has 0 aliphatic carbocycles. The number of rotatable bonds is 7. The summed E-state index contributed by atoms with van der Waals surface area (Å²) in [5, 5.41) is 21.5. The van der Waals surface area contributed by atoms with Crippen molar-refractivity contribution >= 4 is 17.9 Å². The van der Waals surface area contributed by atoms with Crippen LogP contribution in [0.1, 0.15) is 13.8 Å². The number of nitrogens with zero attached hydrogens (tertiary/aromatic N) is 2. The van der Waals surface area contributed by atoms with Crippen LogP contribution in [0.4, 0.5) is 4.79 Å². The van der Waals surface area contributed by atoms with Gasteiger partial charge in [0.1, 0.15) is 6.54 Å². The predicted octanol–water partition coefficient (Wildman–Crippen LogP) is -0.622. The van der Waals surface area contributed by atoms with Crippen molar-refractivity contribution in [2.75, 3.05) is 26.2 Å². The van der Waals surface area contributed by atoms with Gasteiger partial charge in [-0.15, -0.1) is 0 Å². The van der Waals surface area contributed by atoms with Gasteiger partial charge < -0.3 is 20.6 Å². The van der Waals surface area contributed by atoms with E-state index in [4.69, 9.17) is 10.4 Å². The van der Waals surface area contributed by atoms with Crippen molar-refractivity contribution in [3.8, 4) is 6.07 Å². The minimum Gasteiger partial charge on any atom is -0.480 e. The van der Waals surface area contributed by atoms with Gasteiger partial charge in [0.15, 0.2) is 0 Å². The average Bonchev–Trinajstić information content (AvgIpc) is 2.39. The molecule has 0 fully saturated rings. The topological polar surface area (TPSA) is 123 Å². The summed E-state index contributed by atoms with van der Waals surface area (Å²) in [6.07, 6.45) is 0. The molecule has 0 aliphatic heterocycles. The highest BCUT2D eigenvalue weighted by molar-refractivity contribution is 5.86. The lowest BCUT2D eigenvalue weighted by Crippen LogP contribution is -2.46. The summed E-state index contributed by atoms with van der Waals surface area (Å²) in [6.45, 7) is 3.34. The van der Waals surface area contributed by atoms with Gasteiger partial charge in [-0.2, -0.15) is 5.26 Å². The predicted molar refractivity (Wildman–Crippen MR) is 66.1 cm³/mol. The van der Waals surface area contributed by atoms with Crippen molar-refractivity contribution in [1.29, 1.82) is 5.26 Å². The van der Waals surface area contributed by atoms with Gasteiger partial charge in [0.2, 0.25) is 5.91 Å². The zero-order valence-electron chi connectivity index (χ0n) is 11.0. The molecule has 0 saturated carbocycles. The molecule has 0 radical (unpaired) electrons. The van der Waals surface area contributed by atoms with E-state index in [1.807, 2.05) is 6.07 Å². The molecule has 3 amide bonds. The number of hydrogen-bond acceptors (Lipinski definition) is 4. The van der Waals surface area contributed by atoms with Gasteiger partial charge in [0.05, 0.1) is 18.5 Å². The highest BCUT2D eigenvalue weighted by Crippen LogP contribution is 1.98. The van der Waals surface area contributed by atoms with Crippen LogP contribution in [0.15, 0.2) is 0 Å². The van der Waals surface area contributed by atoms with Crippen LogP contribution < -0.4 is 10.6 Å². The van der Waals surface area contributed by atoms with Gasteiger partial charge in [-0.1, -0.05) is 0 Å². The Balaban J connectivity index is 4.10. The van der Waals surface area contributed by atoms with Crippen molar-refractivity contribution in [2.45, 2.75) is 13.8 Å². The Labute approximate surface area is 111 Å². The number of carbonyl (C=O) groups is 3. The number of carboxylic acid groups (broad SMARTS) is 1. The highest BCUT2D eigenvalue weighted by atomic mass is 16.4. The normalized spacial score (nSPS) is 11.0. The molecule has 1 unspecified atom stereocenters. The molecule has 0 aliphatic rings. The molecule has 0 aromatic rings. The van der Waals surface area contributed by atoms with Crippen molar-refractivity contribution in [1.82, 2.24) is 15.5 Å². The third kappa shape index (κ3) is 7.59. The van der Waals surface area contributed by atoms with E-state index >= 15 is 0 Å². The standard InChI is InChI=1S/C11H18N4O4/c1-3-15(7-8(2)4-12)11(19)14-5-9(16)13-6-10(17)18/h8H,3,5-7H2,1-2H3,(H,13,16)(H,14,19)(H,17,18). The maximum Gasteiger partial charge on any atom is 0.322 e. The minimum absolute atomic E-state index is 0.273. The fraction of sp³-hybridized carbons (Fsp3) is 0.636. The van der Waals surface area contributed by atoms with Crippen LogP contribution in [-0.2, 0) is 9.59 Å². The Morgan fingerprint density at radius 2 is 1.95 bits per heavy atom. The first-order valence-corrected chi connectivity index (χ1v) is 5.81. The largest absolute Gasteiger partial charge is 0.480 e. The molecule has 0 rings (SSSR count). The zero-order valence-corrected chi connectivity index (χ0v) is 11.0. The Morgan fingerprint density at radius 3 is 2.42 bits per heavy atom. The average molecular weight is 270 g/mol. The maximum absolute atomic E-state index is 11.7. The quantitative estimate of drug-likeness (QED) is 0.569. The molecule has 1 atom stereocenters. The van der Waals surface area contributed by atoms with E-state index in [0.717, 1.165) is 0 Å². The summed E-state index contributed by atoms with van der Waals surface area (Å²) < 4.78 is 0.